The van der Waals surface area contributed by atoms with Crippen molar-refractivity contribution >= 4 is 102 Å². The van der Waals surface area contributed by atoms with Gasteiger partial charge in [0.1, 0.15) is 13.7 Å². The molecule has 1 aliphatic rings. The lowest BCUT2D eigenvalue weighted by atomic mass is 9.12. The van der Waals surface area contributed by atoms with Gasteiger partial charge in [0.15, 0.2) is 0 Å². The maximum atomic E-state index is 12.0. The number of amides is 1. The number of aliphatic hydroxyl groups excluding tert-OH is 1. The van der Waals surface area contributed by atoms with Crippen LogP contribution < -0.4 is 22.0 Å². The number of carbonyl (C=O) groups excluding carboxylic acids is 1. The monoisotopic (exact) mass is 421 g/mol. The van der Waals surface area contributed by atoms with Crippen LogP contribution in [0.5, 0.6) is 0 Å². The first-order valence-electron chi connectivity index (χ1n) is 10.1. The normalized spacial score (nSPS) is 22.4. The summed E-state index contributed by atoms with van der Waals surface area (Å²) in [4.78, 5) is 20.2. The molecule has 1 aromatic heterocycles. The number of nitrogens with zero attached hydrogens (tertiary/aromatic N) is 2. The Morgan fingerprint density at radius 3 is 1.94 bits per heavy atom. The second kappa shape index (κ2) is 9.43. The molecule has 0 spiro atoms. The van der Waals surface area contributed by atoms with Crippen molar-refractivity contribution < 1.29 is 9.90 Å². The predicted molar refractivity (Wildman–Crippen MR) is 139 cm³/mol. The number of rotatable bonds is 8. The molecule has 0 bridgehead atoms. The molecule has 1 saturated carbocycles. The lowest BCUT2D eigenvalue weighted by Crippen LogP contribution is -2.67. The van der Waals surface area contributed by atoms with Crippen LogP contribution >= 0.6 is 0 Å². The van der Waals surface area contributed by atoms with Gasteiger partial charge < -0.3 is 21.5 Å². The second-order valence-corrected chi connectivity index (χ2v) is 8.89. The van der Waals surface area contributed by atoms with E-state index in [-0.39, 0.29) is 34.9 Å². The Hall–Kier alpha value is -1.24. The van der Waals surface area contributed by atoms with E-state index in [4.69, 9.17) is 84.2 Å². The molecular weight excluding hydrogens is 402 g/mol. The van der Waals surface area contributed by atoms with Crippen molar-refractivity contribution in [1.82, 2.24) is 9.97 Å². The Kier molecular flexibility index (Phi) is 8.00. The summed E-state index contributed by atoms with van der Waals surface area (Å²) in [6, 6.07) is -0.256. The van der Waals surface area contributed by atoms with E-state index in [1.54, 1.807) is 0 Å². The molecule has 148 valence electrons. The highest BCUT2D eigenvalue weighted by Crippen LogP contribution is 2.55. The number of nitrogens with two attached hydrogens (primary N) is 1. The van der Waals surface area contributed by atoms with Crippen molar-refractivity contribution in [3.05, 3.63) is 5.56 Å². The zero-order chi connectivity index (χ0) is 25.6. The first-order valence-corrected chi connectivity index (χ1v) is 10.1. The SMILES string of the molecule is [B]c1nc(NC(C([B])([B])[B])(C([B])([B])[B])C([B])([B])[B])nc(NC2CCC(C)C(O)C2)c1C(N)=O. The second-order valence-electron chi connectivity index (χ2n) is 8.89. The molecular formula is C16H17B10N5O2. The Balaban J connectivity index is 2.59. The number of aliphatic hydroxyl groups is 1. The fourth-order valence-electron chi connectivity index (χ4n) is 4.12. The molecule has 5 N–H and O–H groups in total. The molecule has 7 nitrogen and oxygen atoms in total. The molecule has 1 aromatic rings. The fraction of sp³-hybridized carbons (Fsp3) is 0.688. The number of primary amides is 1. The molecule has 3 atom stereocenters. The van der Waals surface area contributed by atoms with Crippen LogP contribution in [0.25, 0.3) is 0 Å². The topological polar surface area (TPSA) is 113 Å². The summed E-state index contributed by atoms with van der Waals surface area (Å²) in [6.07, 6.45) is 1.26. The van der Waals surface area contributed by atoms with Gasteiger partial charge in [-0.15, -0.1) is 15.3 Å². The summed E-state index contributed by atoms with van der Waals surface area (Å²) in [5, 5.41) is 8.52. The van der Waals surface area contributed by atoms with Gasteiger partial charge in [-0.25, -0.2) is 4.98 Å². The minimum absolute atomic E-state index is 0.0526. The summed E-state index contributed by atoms with van der Waals surface area (Å²) in [7, 11) is 58.8. The summed E-state index contributed by atoms with van der Waals surface area (Å²) in [5.41, 5.74) is 2.50. The van der Waals surface area contributed by atoms with Crippen LogP contribution in [0.4, 0.5) is 11.8 Å². The van der Waals surface area contributed by atoms with Crippen LogP contribution in [0.15, 0.2) is 0 Å². The smallest absolute Gasteiger partial charge is 0.253 e. The van der Waals surface area contributed by atoms with Crippen molar-refractivity contribution in [1.29, 1.82) is 0 Å². The number of aromatic nitrogens is 2. The molecule has 0 aliphatic heterocycles. The molecule has 33 heavy (non-hydrogen) atoms. The van der Waals surface area contributed by atoms with Gasteiger partial charge in [-0.3, -0.25) is 4.79 Å². The Morgan fingerprint density at radius 2 is 1.52 bits per heavy atom. The molecule has 3 unspecified atom stereocenters. The van der Waals surface area contributed by atoms with Gasteiger partial charge >= 0.3 is 0 Å². The lowest BCUT2D eigenvalue weighted by Gasteiger charge is -2.65. The Morgan fingerprint density at radius 1 is 1.00 bits per heavy atom. The van der Waals surface area contributed by atoms with E-state index in [2.05, 4.69) is 20.6 Å². The highest BCUT2D eigenvalue weighted by atomic mass is 16.3. The maximum absolute atomic E-state index is 12.0. The molecule has 1 heterocycles. The van der Waals surface area contributed by atoms with Crippen molar-refractivity contribution in [3.8, 4) is 0 Å². The average Bonchev–Trinajstić information content (AvgIpc) is 2.59. The third kappa shape index (κ3) is 5.54. The number of carbonyl (C=O) groups is 1. The van der Waals surface area contributed by atoms with E-state index in [0.717, 1.165) is 6.42 Å². The summed E-state index contributed by atoms with van der Waals surface area (Å²) >= 11 is 0. The van der Waals surface area contributed by atoms with Gasteiger partial charge in [0.25, 0.3) is 5.91 Å². The van der Waals surface area contributed by atoms with E-state index in [1.807, 2.05) is 6.92 Å². The van der Waals surface area contributed by atoms with Gasteiger partial charge in [0.05, 0.1) is 82.3 Å². The minimum Gasteiger partial charge on any atom is -0.393 e. The maximum Gasteiger partial charge on any atom is 0.253 e. The Bertz CT molecular complexity index is 850. The molecule has 1 amide bonds. The van der Waals surface area contributed by atoms with Crippen LogP contribution in [0.3, 0.4) is 0 Å². The summed E-state index contributed by atoms with van der Waals surface area (Å²) in [6.45, 7) is 1.94. The molecule has 20 radical (unpaired) electrons. The average molecular weight is 419 g/mol. The number of nitrogens with one attached hydrogen (secondary N) is 2. The van der Waals surface area contributed by atoms with E-state index in [0.29, 0.717) is 12.8 Å². The summed E-state index contributed by atoms with van der Waals surface area (Å²) < 4.78 is 0. The highest BCUT2D eigenvalue weighted by molar-refractivity contribution is 6.71. The van der Waals surface area contributed by atoms with Crippen molar-refractivity contribution in [2.24, 2.45) is 11.7 Å². The van der Waals surface area contributed by atoms with E-state index < -0.39 is 32.9 Å². The van der Waals surface area contributed by atoms with Gasteiger partial charge in [0.2, 0.25) is 5.95 Å². The zero-order valence-electron chi connectivity index (χ0n) is 18.5. The predicted octanol–water partition coefficient (Wildman–Crippen LogP) is -3.78. The van der Waals surface area contributed by atoms with Crippen molar-refractivity contribution in [2.75, 3.05) is 10.6 Å². The first-order chi connectivity index (χ1) is 14.8. The standard InChI is InChI=1S/C16H17B10N5O2/c1-5-2-3-6(4-7(5)32)28-11-8(10(27)33)9(17)29-12(30-11)31-13(14(18,19)20,15(21,22)23)16(24,25)26/h5-7,32H,2-4H2,1H3,(H2,27,33)(H2,28,29,30,31). The third-order valence-corrected chi connectivity index (χ3v) is 5.93. The van der Waals surface area contributed by atoms with Crippen LogP contribution in [0.2, 0.25) is 15.3 Å². The summed E-state index contributed by atoms with van der Waals surface area (Å²) in [5.74, 6) is -1.20. The first kappa shape index (κ1) is 28.0. The van der Waals surface area contributed by atoms with Crippen molar-refractivity contribution in [3.63, 3.8) is 0 Å². The largest absolute Gasteiger partial charge is 0.393 e. The minimum atomic E-state index is -2.44. The Labute approximate surface area is 208 Å². The van der Waals surface area contributed by atoms with Gasteiger partial charge in [-0.05, 0) is 30.7 Å². The lowest BCUT2D eigenvalue weighted by molar-refractivity contribution is 0.0739. The quantitative estimate of drug-likeness (QED) is 0.322. The zero-order valence-corrected chi connectivity index (χ0v) is 18.5. The van der Waals surface area contributed by atoms with Gasteiger partial charge in [0, 0.05) is 11.6 Å². The highest BCUT2D eigenvalue weighted by Gasteiger charge is 2.54. The van der Waals surface area contributed by atoms with E-state index >= 15 is 0 Å². The molecule has 17 heteroatoms. The number of hydrogen-bond donors (Lipinski definition) is 4. The van der Waals surface area contributed by atoms with Crippen LogP contribution in [-0.4, -0.2) is 117 Å². The number of hydrogen-bond acceptors (Lipinski definition) is 6. The van der Waals surface area contributed by atoms with Crippen LogP contribution in [0.1, 0.15) is 36.5 Å². The van der Waals surface area contributed by atoms with E-state index in [9.17, 15) is 9.90 Å². The molecule has 0 saturated heterocycles. The number of anilines is 2. The molecule has 1 aliphatic carbocycles. The third-order valence-electron chi connectivity index (χ3n) is 5.93. The van der Waals surface area contributed by atoms with Crippen LogP contribution in [0, 0.1) is 5.92 Å². The van der Waals surface area contributed by atoms with E-state index in [1.165, 1.54) is 0 Å². The van der Waals surface area contributed by atoms with Gasteiger partial charge in [-0.1, -0.05) is 6.92 Å². The van der Waals surface area contributed by atoms with Crippen molar-refractivity contribution in [2.45, 2.75) is 59.2 Å². The fourth-order valence-corrected chi connectivity index (χ4v) is 4.12. The molecule has 0 aromatic carbocycles. The molecule has 1 fully saturated rings. The van der Waals surface area contributed by atoms with Gasteiger partial charge in [-0.2, -0.15) is 4.98 Å². The molecule has 2 rings (SSSR count). The van der Waals surface area contributed by atoms with Crippen LogP contribution in [-0.2, 0) is 0 Å².